The molecule has 0 aliphatic carbocycles. The van der Waals surface area contributed by atoms with Gasteiger partial charge >= 0.3 is 0 Å². The monoisotopic (exact) mass is 469 g/mol. The van der Waals surface area contributed by atoms with Crippen LogP contribution in [0.3, 0.4) is 0 Å². The minimum atomic E-state index is -2.17. The smallest absolute Gasteiger partial charge is 0.146 e. The Labute approximate surface area is 216 Å². The topological polar surface area (TPSA) is 31.0 Å². The second-order valence-electron chi connectivity index (χ2n) is 8.78. The predicted octanol–water partition coefficient (Wildman–Crippen LogP) is 8.63. The summed E-state index contributed by atoms with van der Waals surface area (Å²) >= 11 is 0. The van der Waals surface area contributed by atoms with Gasteiger partial charge in [0.15, 0.2) is 0 Å². The quantitative estimate of drug-likeness (QED) is 0.258. The third-order valence-corrected chi connectivity index (χ3v) is 6.54. The van der Waals surface area contributed by atoms with Gasteiger partial charge in [0.2, 0.25) is 0 Å². The third kappa shape index (κ3) is 3.32. The van der Waals surface area contributed by atoms with Crippen molar-refractivity contribution in [2.45, 2.75) is 13.3 Å². The number of nitrogens with zero attached hydrogens (tertiary/aromatic N) is 2. The first-order valence-electron chi connectivity index (χ1n) is 14.3. The molecule has 36 heavy (non-hydrogen) atoms. The Balaban J connectivity index is 1.47. The Kier molecular flexibility index (Phi) is 3.69. The van der Waals surface area contributed by atoms with Crippen LogP contribution < -0.4 is 0 Å². The second-order valence-corrected chi connectivity index (χ2v) is 8.78. The molecule has 0 bridgehead atoms. The van der Waals surface area contributed by atoms with Gasteiger partial charge in [-0.2, -0.15) is 0 Å². The summed E-state index contributed by atoms with van der Waals surface area (Å²) in [6, 6.07) is 35.3. The van der Waals surface area contributed by atoms with Crippen LogP contribution in [0.2, 0.25) is 0 Å². The number of para-hydroxylation sites is 4. The fourth-order valence-electron chi connectivity index (χ4n) is 4.84. The zero-order chi connectivity index (χ0) is 28.4. The molecule has 0 fully saturated rings. The molecule has 0 amide bonds. The van der Waals surface area contributed by atoms with E-state index in [9.17, 15) is 2.74 Å². The summed E-state index contributed by atoms with van der Waals surface area (Å²) in [5.41, 5.74) is 5.81. The van der Waals surface area contributed by atoms with Gasteiger partial charge in [0.25, 0.3) is 0 Å². The predicted molar refractivity (Wildman–Crippen MR) is 148 cm³/mol. The van der Waals surface area contributed by atoms with Gasteiger partial charge in [-0.05, 0) is 36.2 Å². The van der Waals surface area contributed by atoms with Crippen molar-refractivity contribution in [1.29, 1.82) is 0 Å². The molecule has 2 aromatic heterocycles. The SMILES string of the molecule is [2H]C([2H])([2H])c1ccc(-c2cccc3c2oc2c(-c4nc5ccccc5n4C([2H])([2H])c4ccccc4)cccc23)cc1. The van der Waals surface area contributed by atoms with Crippen LogP contribution in [-0.2, 0) is 6.50 Å². The van der Waals surface area contributed by atoms with Crippen molar-refractivity contribution in [3.63, 3.8) is 0 Å². The van der Waals surface area contributed by atoms with E-state index in [1.165, 1.54) is 0 Å². The lowest BCUT2D eigenvalue weighted by Gasteiger charge is -2.10. The maximum atomic E-state index is 9.24. The summed E-state index contributed by atoms with van der Waals surface area (Å²) in [6.45, 7) is -4.06. The molecular weight excluding hydrogens is 440 g/mol. The van der Waals surface area contributed by atoms with E-state index in [1.807, 2.05) is 78.9 Å². The summed E-state index contributed by atoms with van der Waals surface area (Å²) in [4.78, 5) is 4.92. The van der Waals surface area contributed by atoms with E-state index in [1.54, 1.807) is 41.0 Å². The first-order chi connectivity index (χ1) is 19.7. The van der Waals surface area contributed by atoms with E-state index in [0.29, 0.717) is 39.2 Å². The molecule has 0 aliphatic heterocycles. The Morgan fingerprint density at radius 3 is 2.19 bits per heavy atom. The largest absolute Gasteiger partial charge is 0.455 e. The number of imidazole rings is 1. The van der Waals surface area contributed by atoms with E-state index in [0.717, 1.165) is 21.9 Å². The lowest BCUT2D eigenvalue weighted by molar-refractivity contribution is 0.670. The van der Waals surface area contributed by atoms with Crippen molar-refractivity contribution < 1.29 is 11.3 Å². The number of rotatable bonds is 4. The number of furan rings is 1. The number of fused-ring (bicyclic) bond motifs is 4. The Morgan fingerprint density at radius 1 is 0.722 bits per heavy atom. The van der Waals surface area contributed by atoms with E-state index in [-0.39, 0.29) is 5.56 Å². The normalized spacial score (nSPS) is 14.4. The third-order valence-electron chi connectivity index (χ3n) is 6.54. The average Bonchev–Trinajstić information content (AvgIpc) is 3.56. The van der Waals surface area contributed by atoms with E-state index in [4.69, 9.17) is 13.5 Å². The van der Waals surface area contributed by atoms with Gasteiger partial charge in [-0.1, -0.05) is 103 Å². The number of benzene rings is 5. The van der Waals surface area contributed by atoms with Gasteiger partial charge < -0.3 is 8.98 Å². The summed E-state index contributed by atoms with van der Waals surface area (Å²) in [5, 5.41) is 1.80. The first kappa shape index (κ1) is 16.1. The van der Waals surface area contributed by atoms with Gasteiger partial charge in [-0.3, -0.25) is 0 Å². The highest BCUT2D eigenvalue weighted by atomic mass is 16.3. The summed E-state index contributed by atoms with van der Waals surface area (Å²) in [7, 11) is 0. The number of aryl methyl sites for hydroxylation is 1. The zero-order valence-corrected chi connectivity index (χ0v) is 19.3. The number of aromatic nitrogens is 2. The van der Waals surface area contributed by atoms with Crippen LogP contribution in [0.15, 0.2) is 120 Å². The van der Waals surface area contributed by atoms with Crippen LogP contribution in [-0.4, -0.2) is 9.55 Å². The van der Waals surface area contributed by atoms with Crippen molar-refractivity contribution in [3.8, 4) is 22.5 Å². The van der Waals surface area contributed by atoms with Gasteiger partial charge in [-0.15, -0.1) is 0 Å². The molecule has 172 valence electrons. The highest BCUT2D eigenvalue weighted by Gasteiger charge is 2.20. The maximum absolute atomic E-state index is 9.24. The van der Waals surface area contributed by atoms with E-state index >= 15 is 0 Å². The highest BCUT2D eigenvalue weighted by Crippen LogP contribution is 2.40. The Morgan fingerprint density at radius 2 is 1.42 bits per heavy atom. The average molecular weight is 470 g/mol. The molecule has 0 spiro atoms. The molecule has 0 saturated carbocycles. The van der Waals surface area contributed by atoms with Crippen molar-refractivity contribution >= 4 is 33.0 Å². The molecule has 3 heteroatoms. The molecular formula is C33H24N2O. The van der Waals surface area contributed by atoms with Crippen molar-refractivity contribution in [3.05, 3.63) is 126 Å². The minimum absolute atomic E-state index is 0.284. The molecule has 0 unspecified atom stereocenters. The van der Waals surface area contributed by atoms with Crippen LogP contribution in [0.5, 0.6) is 0 Å². The van der Waals surface area contributed by atoms with Crippen LogP contribution >= 0.6 is 0 Å². The summed E-state index contributed by atoms with van der Waals surface area (Å²) in [5.74, 6) is 0.466. The molecule has 0 radical (unpaired) electrons. The molecule has 5 aromatic carbocycles. The van der Waals surface area contributed by atoms with Crippen LogP contribution in [0, 0.1) is 6.85 Å². The molecule has 0 saturated heterocycles. The van der Waals surface area contributed by atoms with E-state index < -0.39 is 13.3 Å². The lowest BCUT2D eigenvalue weighted by Crippen LogP contribution is -2.02. The molecule has 2 heterocycles. The zero-order valence-electron chi connectivity index (χ0n) is 24.3. The molecule has 3 nitrogen and oxygen atoms in total. The number of hydrogen-bond acceptors (Lipinski definition) is 2. The fourth-order valence-corrected chi connectivity index (χ4v) is 4.84. The standard InChI is InChI=1S/C33H24N2O/c1-22-17-19-24(20-18-22)25-11-7-12-26-27-13-8-14-28(32(27)36-31(25)26)33-34-29-15-5-6-16-30(29)35(33)21-23-9-3-2-4-10-23/h2-20H,21H2,1H3/i1D3,21D2. The second kappa shape index (κ2) is 8.24. The summed E-state index contributed by atoms with van der Waals surface area (Å²) in [6.07, 6.45) is 0. The summed E-state index contributed by atoms with van der Waals surface area (Å²) < 4.78 is 49.8. The van der Waals surface area contributed by atoms with Crippen LogP contribution in [0.4, 0.5) is 0 Å². The van der Waals surface area contributed by atoms with Crippen LogP contribution in [0.1, 0.15) is 18.0 Å². The van der Waals surface area contributed by atoms with E-state index in [2.05, 4.69) is 0 Å². The fraction of sp³-hybridized carbons (Fsp3) is 0.0606. The van der Waals surface area contributed by atoms with Gasteiger partial charge in [0, 0.05) is 26.9 Å². The minimum Gasteiger partial charge on any atom is -0.455 e. The highest BCUT2D eigenvalue weighted by molar-refractivity contribution is 6.12. The first-order valence-corrected chi connectivity index (χ1v) is 11.8. The molecule has 7 rings (SSSR count). The Bertz CT molecular complexity index is 2060. The van der Waals surface area contributed by atoms with Crippen molar-refractivity contribution in [2.24, 2.45) is 0 Å². The molecule has 0 aliphatic rings. The molecule has 0 atom stereocenters. The van der Waals surface area contributed by atoms with Gasteiger partial charge in [0.05, 0.1) is 19.3 Å². The molecule has 7 aromatic rings. The van der Waals surface area contributed by atoms with Crippen molar-refractivity contribution in [1.82, 2.24) is 9.55 Å². The van der Waals surface area contributed by atoms with Crippen LogP contribution in [0.25, 0.3) is 55.5 Å². The Hall–Kier alpha value is -4.63. The molecule has 0 N–H and O–H groups in total. The van der Waals surface area contributed by atoms with Gasteiger partial charge in [-0.25, -0.2) is 4.98 Å². The number of hydrogen-bond donors (Lipinski definition) is 0. The lowest BCUT2D eigenvalue weighted by atomic mass is 10.0. The van der Waals surface area contributed by atoms with Crippen molar-refractivity contribution in [2.75, 3.05) is 0 Å². The van der Waals surface area contributed by atoms with Gasteiger partial charge in [0.1, 0.15) is 17.0 Å². The maximum Gasteiger partial charge on any atom is 0.146 e.